The number of nitriles is 2. The van der Waals surface area contributed by atoms with Gasteiger partial charge in [-0.3, -0.25) is 4.98 Å². The number of halogens is 1. The summed E-state index contributed by atoms with van der Waals surface area (Å²) in [6.45, 7) is 0.131. The van der Waals surface area contributed by atoms with Crippen LogP contribution in [0.3, 0.4) is 0 Å². The molecule has 0 bridgehead atoms. The Kier molecular flexibility index (Phi) is 6.49. The van der Waals surface area contributed by atoms with Crippen molar-refractivity contribution in [2.75, 3.05) is 0 Å². The number of nitrogens with zero attached hydrogens (tertiary/aromatic N) is 3. The van der Waals surface area contributed by atoms with Gasteiger partial charge in [0.2, 0.25) is 0 Å². The normalized spacial score (nSPS) is 11.5. The third-order valence-corrected chi connectivity index (χ3v) is 6.10. The number of ether oxygens (including phenoxy) is 1. The maximum absolute atomic E-state index is 14.2. The van der Waals surface area contributed by atoms with Crippen LogP contribution in [0.1, 0.15) is 33.9 Å². The van der Waals surface area contributed by atoms with E-state index in [9.17, 15) is 9.65 Å². The molecule has 4 nitrogen and oxygen atoms in total. The van der Waals surface area contributed by atoms with Crippen LogP contribution in [0.4, 0.5) is 4.39 Å². The second kappa shape index (κ2) is 10.2. The molecule has 0 N–H and O–H groups in total. The molecule has 0 aliphatic rings. The summed E-state index contributed by atoms with van der Waals surface area (Å²) in [4.78, 5) is 4.25. The number of hydrogen-bond acceptors (Lipinski definition) is 4. The summed E-state index contributed by atoms with van der Waals surface area (Å²) in [5.41, 5.74) is 4.63. The van der Waals surface area contributed by atoms with Crippen molar-refractivity contribution >= 4 is 10.8 Å². The summed E-state index contributed by atoms with van der Waals surface area (Å²) >= 11 is 0. The van der Waals surface area contributed by atoms with E-state index < -0.39 is 11.9 Å². The lowest BCUT2D eigenvalue weighted by molar-refractivity contribution is 0.0664. The van der Waals surface area contributed by atoms with Crippen LogP contribution in [0.2, 0.25) is 0 Å². The fourth-order valence-electron chi connectivity index (χ4n) is 4.34. The quantitative estimate of drug-likeness (QED) is 0.266. The molecule has 0 spiro atoms. The minimum Gasteiger partial charge on any atom is -0.364 e. The fourth-order valence-corrected chi connectivity index (χ4v) is 4.34. The second-order valence-electron chi connectivity index (χ2n) is 8.35. The Balaban J connectivity index is 1.57. The lowest BCUT2D eigenvalue weighted by atomic mass is 9.91. The predicted molar refractivity (Wildman–Crippen MR) is 136 cm³/mol. The van der Waals surface area contributed by atoms with Crippen LogP contribution < -0.4 is 0 Å². The molecule has 1 aromatic heterocycles. The van der Waals surface area contributed by atoms with Gasteiger partial charge in [0, 0.05) is 23.5 Å². The Morgan fingerprint density at radius 2 is 1.58 bits per heavy atom. The minimum absolute atomic E-state index is 0.00520. The average Bonchev–Trinajstić information content (AvgIpc) is 2.93. The Labute approximate surface area is 208 Å². The average molecular weight is 470 g/mol. The van der Waals surface area contributed by atoms with E-state index in [0.29, 0.717) is 11.1 Å². The molecule has 0 aliphatic carbocycles. The van der Waals surface area contributed by atoms with Gasteiger partial charge in [-0.15, -0.1) is 0 Å². The van der Waals surface area contributed by atoms with Gasteiger partial charge in [-0.05, 0) is 57.8 Å². The summed E-state index contributed by atoms with van der Waals surface area (Å²) < 4.78 is 20.5. The highest BCUT2D eigenvalue weighted by atomic mass is 19.1. The smallest absolute Gasteiger partial charge is 0.141 e. The first-order valence-corrected chi connectivity index (χ1v) is 11.4. The van der Waals surface area contributed by atoms with Gasteiger partial charge in [-0.1, -0.05) is 60.7 Å². The van der Waals surface area contributed by atoms with Gasteiger partial charge in [-0.2, -0.15) is 10.5 Å². The number of benzene rings is 4. The Morgan fingerprint density at radius 1 is 0.778 bits per heavy atom. The van der Waals surface area contributed by atoms with Gasteiger partial charge < -0.3 is 4.74 Å². The van der Waals surface area contributed by atoms with Crippen LogP contribution >= 0.6 is 0 Å². The van der Waals surface area contributed by atoms with E-state index in [0.717, 1.165) is 33.0 Å². The first-order chi connectivity index (χ1) is 17.7. The van der Waals surface area contributed by atoms with Crippen LogP contribution in [-0.4, -0.2) is 4.98 Å². The summed E-state index contributed by atoms with van der Waals surface area (Å²) in [5.74, 6) is -0.576. The monoisotopic (exact) mass is 469 g/mol. The number of pyridine rings is 1. The molecule has 5 heteroatoms. The molecule has 0 saturated heterocycles. The molecule has 5 rings (SSSR count). The molecule has 0 amide bonds. The zero-order valence-electron chi connectivity index (χ0n) is 19.2. The molecule has 4 aromatic carbocycles. The zero-order valence-corrected chi connectivity index (χ0v) is 19.2. The van der Waals surface area contributed by atoms with E-state index in [-0.39, 0.29) is 12.2 Å². The lowest BCUT2D eigenvalue weighted by Crippen LogP contribution is -2.08. The summed E-state index contributed by atoms with van der Waals surface area (Å²) in [7, 11) is 0. The Bertz CT molecular complexity index is 1630. The van der Waals surface area contributed by atoms with Gasteiger partial charge in [0.1, 0.15) is 18.0 Å². The third kappa shape index (κ3) is 4.57. The molecule has 1 atom stereocenters. The number of aromatic nitrogens is 1. The SMILES string of the molecule is N#Cc1ccc(COC(c2cccnc2)c2ccc(C#N)c(-c3cccc4ccccc34)c2)cc1F. The van der Waals surface area contributed by atoms with Gasteiger partial charge in [0.05, 0.1) is 23.8 Å². The predicted octanol–water partition coefficient (Wildman–Crippen LogP) is 7.09. The minimum atomic E-state index is -0.576. The molecule has 1 heterocycles. The Morgan fingerprint density at radius 3 is 2.36 bits per heavy atom. The van der Waals surface area contributed by atoms with Crippen LogP contribution in [0.5, 0.6) is 0 Å². The Hall–Kier alpha value is -4.84. The van der Waals surface area contributed by atoms with Crippen LogP contribution in [-0.2, 0) is 11.3 Å². The number of fused-ring (bicyclic) bond motifs is 1. The van der Waals surface area contributed by atoms with Crippen LogP contribution in [0.25, 0.3) is 21.9 Å². The highest BCUT2D eigenvalue weighted by Gasteiger charge is 2.19. The molecule has 36 heavy (non-hydrogen) atoms. The largest absolute Gasteiger partial charge is 0.364 e. The van der Waals surface area contributed by atoms with Crippen molar-refractivity contribution in [2.45, 2.75) is 12.7 Å². The van der Waals surface area contributed by atoms with Crippen molar-refractivity contribution in [3.05, 3.63) is 137 Å². The number of rotatable bonds is 6. The first-order valence-electron chi connectivity index (χ1n) is 11.4. The zero-order chi connectivity index (χ0) is 24.9. The third-order valence-electron chi connectivity index (χ3n) is 6.10. The molecular formula is C31H20FN3O. The van der Waals surface area contributed by atoms with E-state index >= 15 is 0 Å². The highest BCUT2D eigenvalue weighted by Crippen LogP contribution is 2.35. The summed E-state index contributed by atoms with van der Waals surface area (Å²) in [6.07, 6.45) is 2.93. The van der Waals surface area contributed by atoms with Gasteiger partial charge >= 0.3 is 0 Å². The van der Waals surface area contributed by atoms with E-state index in [4.69, 9.17) is 10.00 Å². The summed E-state index contributed by atoms with van der Waals surface area (Å²) in [6, 6.07) is 32.2. The van der Waals surface area contributed by atoms with E-state index in [2.05, 4.69) is 11.1 Å². The maximum atomic E-state index is 14.2. The fraction of sp³-hybridized carbons (Fsp3) is 0.0645. The second-order valence-corrected chi connectivity index (χ2v) is 8.35. The van der Waals surface area contributed by atoms with Gasteiger partial charge in [-0.25, -0.2) is 4.39 Å². The van der Waals surface area contributed by atoms with Gasteiger partial charge in [0.25, 0.3) is 0 Å². The topological polar surface area (TPSA) is 69.7 Å². The van der Waals surface area contributed by atoms with Crippen molar-refractivity contribution in [1.82, 2.24) is 4.98 Å². The summed E-state index contributed by atoms with van der Waals surface area (Å²) in [5, 5.41) is 21.0. The van der Waals surface area contributed by atoms with Crippen molar-refractivity contribution in [1.29, 1.82) is 10.5 Å². The molecule has 0 fully saturated rings. The van der Waals surface area contributed by atoms with E-state index in [1.54, 1.807) is 24.5 Å². The molecule has 5 aromatic rings. The molecule has 0 saturated carbocycles. The highest BCUT2D eigenvalue weighted by molar-refractivity contribution is 5.97. The van der Waals surface area contributed by atoms with Crippen molar-refractivity contribution in [3.63, 3.8) is 0 Å². The number of hydrogen-bond donors (Lipinski definition) is 0. The first kappa shape index (κ1) is 22.9. The van der Waals surface area contributed by atoms with Gasteiger partial charge in [0.15, 0.2) is 0 Å². The standard InChI is InChI=1S/C31H20FN3O/c32-30-15-21(10-11-25(30)18-34)20-36-31(26-7-4-14-35-19-26)23-12-13-24(17-33)29(16-23)28-9-3-6-22-5-1-2-8-27(22)28/h1-16,19,31H,20H2. The molecule has 172 valence electrons. The van der Waals surface area contributed by atoms with E-state index in [1.165, 1.54) is 12.1 Å². The van der Waals surface area contributed by atoms with Crippen LogP contribution in [0.15, 0.2) is 103 Å². The van der Waals surface area contributed by atoms with Crippen molar-refractivity contribution < 1.29 is 9.13 Å². The molecular weight excluding hydrogens is 449 g/mol. The van der Waals surface area contributed by atoms with Crippen molar-refractivity contribution in [2.24, 2.45) is 0 Å². The van der Waals surface area contributed by atoms with E-state index in [1.807, 2.05) is 72.8 Å². The van der Waals surface area contributed by atoms with Crippen LogP contribution in [0, 0.1) is 28.5 Å². The molecule has 0 aliphatic heterocycles. The molecule has 0 radical (unpaired) electrons. The maximum Gasteiger partial charge on any atom is 0.141 e. The lowest BCUT2D eigenvalue weighted by Gasteiger charge is -2.20. The van der Waals surface area contributed by atoms with Crippen molar-refractivity contribution in [3.8, 4) is 23.3 Å². The molecule has 1 unspecified atom stereocenters.